The van der Waals surface area contributed by atoms with E-state index in [-0.39, 0.29) is 11.5 Å². The van der Waals surface area contributed by atoms with Crippen LogP contribution in [-0.4, -0.2) is 48.3 Å². The summed E-state index contributed by atoms with van der Waals surface area (Å²) in [6.45, 7) is 0. The molecular weight excluding hydrogens is 460 g/mol. The number of hydrogen-bond acceptors (Lipinski definition) is 6. The van der Waals surface area contributed by atoms with E-state index in [0.29, 0.717) is 32.8 Å². The molecule has 0 aromatic heterocycles. The van der Waals surface area contributed by atoms with Crippen molar-refractivity contribution in [3.05, 3.63) is 56.9 Å². The van der Waals surface area contributed by atoms with E-state index in [4.69, 9.17) is 14.6 Å². The number of halogens is 1. The third-order valence-corrected chi connectivity index (χ3v) is 5.79. The van der Waals surface area contributed by atoms with Gasteiger partial charge in [0, 0.05) is 18.7 Å². The molecule has 1 saturated heterocycles. The first kappa shape index (κ1) is 20.9. The fourth-order valence-electron chi connectivity index (χ4n) is 2.61. The summed E-state index contributed by atoms with van der Waals surface area (Å²) in [5.74, 6) is -0.0642. The highest BCUT2D eigenvalue weighted by atomic mass is 79.9. The Morgan fingerprint density at radius 1 is 1.21 bits per heavy atom. The minimum atomic E-state index is -1.03. The molecule has 0 radical (unpaired) electrons. The Morgan fingerprint density at radius 2 is 1.93 bits per heavy atom. The minimum absolute atomic E-state index is 0.132. The molecule has 1 aliphatic rings. The van der Waals surface area contributed by atoms with Gasteiger partial charge in [-0.05, 0) is 58.0 Å². The van der Waals surface area contributed by atoms with Gasteiger partial charge < -0.3 is 14.6 Å². The lowest BCUT2D eigenvalue weighted by Crippen LogP contribution is -2.23. The first-order valence-electron chi connectivity index (χ1n) is 8.35. The Labute approximate surface area is 180 Å². The Hall–Kier alpha value is -2.78. The number of amidine groups is 1. The van der Waals surface area contributed by atoms with Gasteiger partial charge in [-0.1, -0.05) is 6.07 Å². The summed E-state index contributed by atoms with van der Waals surface area (Å²) in [6.07, 6.45) is 1.72. The van der Waals surface area contributed by atoms with Crippen molar-refractivity contribution >= 4 is 56.5 Å². The molecule has 1 aliphatic heterocycles. The van der Waals surface area contributed by atoms with Crippen LogP contribution in [0.1, 0.15) is 15.9 Å². The minimum Gasteiger partial charge on any atom is -0.496 e. The van der Waals surface area contributed by atoms with Crippen LogP contribution in [0.2, 0.25) is 0 Å². The molecule has 0 spiro atoms. The largest absolute Gasteiger partial charge is 0.496 e. The van der Waals surface area contributed by atoms with Crippen LogP contribution in [0.5, 0.6) is 11.5 Å². The number of thioether (sulfide) groups is 1. The van der Waals surface area contributed by atoms with Crippen LogP contribution in [0.15, 0.2) is 50.8 Å². The molecule has 7 nitrogen and oxygen atoms in total. The summed E-state index contributed by atoms with van der Waals surface area (Å²) in [4.78, 5) is 30.1. The molecule has 1 amide bonds. The number of methoxy groups -OCH3 is 2. The molecule has 0 unspecified atom stereocenters. The molecule has 29 heavy (non-hydrogen) atoms. The maximum atomic E-state index is 12.7. The van der Waals surface area contributed by atoms with Crippen molar-refractivity contribution in [1.82, 2.24) is 4.90 Å². The van der Waals surface area contributed by atoms with Crippen LogP contribution < -0.4 is 9.47 Å². The summed E-state index contributed by atoms with van der Waals surface area (Å²) < 4.78 is 11.4. The fraction of sp³-hybridized carbons (Fsp3) is 0.150. The average molecular weight is 477 g/mol. The number of likely N-dealkylation sites (N-methyl/N-ethyl adjacent to an activating group) is 1. The van der Waals surface area contributed by atoms with Gasteiger partial charge >= 0.3 is 5.97 Å². The van der Waals surface area contributed by atoms with Gasteiger partial charge in [-0.25, -0.2) is 9.79 Å². The number of amides is 1. The SMILES string of the molecule is COc1cc(OC)c(/C=C2\SC(=Nc3cccc(C(=O)O)c3)N(C)C2=O)cc1Br. The summed E-state index contributed by atoms with van der Waals surface area (Å²) in [7, 11) is 4.73. The third kappa shape index (κ3) is 4.46. The number of carbonyl (C=O) groups is 2. The normalized spacial score (nSPS) is 16.6. The van der Waals surface area contributed by atoms with Gasteiger partial charge in [0.15, 0.2) is 5.17 Å². The molecular formula is C20H17BrN2O5S. The Kier molecular flexibility index (Phi) is 6.29. The number of hydrogen-bond donors (Lipinski definition) is 1. The van der Waals surface area contributed by atoms with Crippen molar-refractivity contribution in [3.63, 3.8) is 0 Å². The smallest absolute Gasteiger partial charge is 0.335 e. The van der Waals surface area contributed by atoms with E-state index in [2.05, 4.69) is 20.9 Å². The molecule has 3 rings (SSSR count). The quantitative estimate of drug-likeness (QED) is 0.643. The van der Waals surface area contributed by atoms with Gasteiger partial charge in [0.2, 0.25) is 0 Å². The topological polar surface area (TPSA) is 88.4 Å². The van der Waals surface area contributed by atoms with Gasteiger partial charge in [-0.15, -0.1) is 0 Å². The van der Waals surface area contributed by atoms with Crippen molar-refractivity contribution in [2.45, 2.75) is 0 Å². The molecule has 0 bridgehead atoms. The lowest BCUT2D eigenvalue weighted by atomic mass is 10.1. The van der Waals surface area contributed by atoms with Crippen molar-refractivity contribution < 1.29 is 24.2 Å². The van der Waals surface area contributed by atoms with Crippen molar-refractivity contribution in [1.29, 1.82) is 0 Å². The first-order chi connectivity index (χ1) is 13.8. The molecule has 2 aromatic rings. The predicted molar refractivity (Wildman–Crippen MR) is 116 cm³/mol. The number of carboxylic acid groups (broad SMARTS) is 1. The van der Waals surface area contributed by atoms with E-state index in [0.717, 1.165) is 4.47 Å². The molecule has 1 fully saturated rings. The molecule has 2 aromatic carbocycles. The zero-order chi connectivity index (χ0) is 21.1. The highest BCUT2D eigenvalue weighted by molar-refractivity contribution is 9.10. The zero-order valence-corrected chi connectivity index (χ0v) is 18.2. The Morgan fingerprint density at radius 3 is 2.59 bits per heavy atom. The molecule has 9 heteroatoms. The van der Waals surface area contributed by atoms with Crippen LogP contribution in [-0.2, 0) is 4.79 Å². The highest BCUT2D eigenvalue weighted by Crippen LogP contribution is 2.38. The highest BCUT2D eigenvalue weighted by Gasteiger charge is 2.30. The molecule has 1 heterocycles. The number of nitrogens with zero attached hydrogens (tertiary/aromatic N) is 2. The average Bonchev–Trinajstić information content (AvgIpc) is 2.96. The molecule has 0 aliphatic carbocycles. The first-order valence-corrected chi connectivity index (χ1v) is 9.96. The number of carbonyl (C=O) groups excluding carboxylic acids is 1. The predicted octanol–water partition coefficient (Wildman–Crippen LogP) is 4.40. The van der Waals surface area contributed by atoms with Gasteiger partial charge in [0.25, 0.3) is 5.91 Å². The van der Waals surface area contributed by atoms with Gasteiger partial charge in [-0.2, -0.15) is 0 Å². The summed E-state index contributed by atoms with van der Waals surface area (Å²) in [5, 5.41) is 9.58. The van der Waals surface area contributed by atoms with Gasteiger partial charge in [-0.3, -0.25) is 9.69 Å². The van der Waals surface area contributed by atoms with Crippen LogP contribution in [0.3, 0.4) is 0 Å². The van der Waals surface area contributed by atoms with Crippen LogP contribution in [0.25, 0.3) is 6.08 Å². The number of carboxylic acids is 1. The van der Waals surface area contributed by atoms with Crippen molar-refractivity contribution in [2.24, 2.45) is 4.99 Å². The van der Waals surface area contributed by atoms with E-state index in [1.165, 1.54) is 28.8 Å². The van der Waals surface area contributed by atoms with E-state index >= 15 is 0 Å². The summed E-state index contributed by atoms with van der Waals surface area (Å²) >= 11 is 4.64. The number of ether oxygens (including phenoxy) is 2. The van der Waals surface area contributed by atoms with E-state index in [1.54, 1.807) is 45.5 Å². The maximum Gasteiger partial charge on any atom is 0.335 e. The molecule has 0 saturated carbocycles. The van der Waals surface area contributed by atoms with E-state index in [9.17, 15) is 9.59 Å². The maximum absolute atomic E-state index is 12.7. The Balaban J connectivity index is 1.96. The Bertz CT molecular complexity index is 1050. The van der Waals surface area contributed by atoms with Gasteiger partial charge in [0.05, 0.1) is 34.8 Å². The molecule has 150 valence electrons. The van der Waals surface area contributed by atoms with Crippen molar-refractivity contribution in [3.8, 4) is 11.5 Å². The second kappa shape index (κ2) is 8.71. The fourth-order valence-corrected chi connectivity index (χ4v) is 4.11. The van der Waals surface area contributed by atoms with Crippen LogP contribution in [0, 0.1) is 0 Å². The summed E-state index contributed by atoms with van der Waals surface area (Å²) in [6, 6.07) is 9.78. The molecule has 1 N–H and O–H groups in total. The lowest BCUT2D eigenvalue weighted by molar-refractivity contribution is -0.121. The number of aromatic carboxylic acids is 1. The van der Waals surface area contributed by atoms with Crippen LogP contribution in [0.4, 0.5) is 5.69 Å². The summed E-state index contributed by atoms with van der Waals surface area (Å²) in [5.41, 5.74) is 1.30. The third-order valence-electron chi connectivity index (χ3n) is 4.11. The lowest BCUT2D eigenvalue weighted by Gasteiger charge is -2.10. The second-order valence-electron chi connectivity index (χ2n) is 5.95. The van der Waals surface area contributed by atoms with E-state index < -0.39 is 5.97 Å². The monoisotopic (exact) mass is 476 g/mol. The molecule has 0 atom stereocenters. The second-order valence-corrected chi connectivity index (χ2v) is 7.82. The number of rotatable bonds is 5. The van der Waals surface area contributed by atoms with E-state index in [1.807, 2.05) is 6.07 Å². The van der Waals surface area contributed by atoms with Crippen LogP contribution >= 0.6 is 27.7 Å². The van der Waals surface area contributed by atoms with Gasteiger partial charge in [0.1, 0.15) is 11.5 Å². The number of benzene rings is 2. The standard InChI is InChI=1S/C20H17BrN2O5S/c1-23-18(24)17(9-12-8-14(21)16(28-3)10-15(12)27-2)29-20(23)22-13-6-4-5-11(7-13)19(25)26/h4-10H,1-3H3,(H,25,26)/b17-9-,22-20?. The number of aliphatic imine (C=N–C) groups is 1. The van der Waals surface area contributed by atoms with Crippen molar-refractivity contribution in [2.75, 3.05) is 21.3 Å². The zero-order valence-electron chi connectivity index (χ0n) is 15.8.